The molecule has 1 aromatic carbocycles. The number of rotatable bonds is 4. The molecule has 0 saturated heterocycles. The van der Waals surface area contributed by atoms with E-state index in [0.717, 1.165) is 17.5 Å². The molecule has 0 unspecified atom stereocenters. The van der Waals surface area contributed by atoms with Crippen molar-refractivity contribution < 1.29 is 4.74 Å². The number of para-hydroxylation sites is 2. The number of hydrogen-bond acceptors (Lipinski definition) is 4. The Kier molecular flexibility index (Phi) is 3.09. The van der Waals surface area contributed by atoms with Gasteiger partial charge in [0.15, 0.2) is 0 Å². The van der Waals surface area contributed by atoms with Crippen LogP contribution in [0.5, 0.6) is 5.88 Å². The van der Waals surface area contributed by atoms with Gasteiger partial charge in [-0.2, -0.15) is 0 Å². The third-order valence-corrected chi connectivity index (χ3v) is 2.02. The van der Waals surface area contributed by atoms with Gasteiger partial charge in [-0.05, 0) is 25.1 Å². The number of nitrogens with zero attached hydrogens (tertiary/aromatic N) is 2. The van der Waals surface area contributed by atoms with Crippen LogP contribution in [0.4, 0.5) is 0 Å². The average molecular weight is 203 g/mol. The topological polar surface area (TPSA) is 61.0 Å². The first-order valence-electron chi connectivity index (χ1n) is 4.95. The van der Waals surface area contributed by atoms with Crippen LogP contribution in [0.15, 0.2) is 30.5 Å². The summed E-state index contributed by atoms with van der Waals surface area (Å²) in [5.41, 5.74) is 7.10. The van der Waals surface area contributed by atoms with Gasteiger partial charge < -0.3 is 10.5 Å². The van der Waals surface area contributed by atoms with E-state index in [0.29, 0.717) is 19.0 Å². The van der Waals surface area contributed by atoms with Crippen LogP contribution >= 0.6 is 0 Å². The monoisotopic (exact) mass is 203 g/mol. The summed E-state index contributed by atoms with van der Waals surface area (Å²) in [6.45, 7) is 1.21. The van der Waals surface area contributed by atoms with Crippen LogP contribution in [-0.4, -0.2) is 23.1 Å². The van der Waals surface area contributed by atoms with E-state index in [1.54, 1.807) is 6.20 Å². The van der Waals surface area contributed by atoms with E-state index in [9.17, 15) is 0 Å². The molecule has 0 fully saturated rings. The van der Waals surface area contributed by atoms with E-state index in [4.69, 9.17) is 10.5 Å². The third kappa shape index (κ3) is 2.41. The molecule has 0 amide bonds. The number of fused-ring (bicyclic) bond motifs is 1. The average Bonchev–Trinajstić information content (AvgIpc) is 2.29. The summed E-state index contributed by atoms with van der Waals surface area (Å²) < 4.78 is 5.40. The second-order valence-corrected chi connectivity index (χ2v) is 3.19. The van der Waals surface area contributed by atoms with Gasteiger partial charge in [0.2, 0.25) is 5.88 Å². The maximum Gasteiger partial charge on any atom is 0.232 e. The molecule has 15 heavy (non-hydrogen) atoms. The minimum Gasteiger partial charge on any atom is -0.477 e. The predicted octanol–water partition coefficient (Wildman–Crippen LogP) is 1.36. The molecule has 0 radical (unpaired) electrons. The molecule has 0 atom stereocenters. The van der Waals surface area contributed by atoms with Crippen molar-refractivity contribution in [3.8, 4) is 5.88 Å². The summed E-state index contributed by atoms with van der Waals surface area (Å²) in [5.74, 6) is 0.558. The van der Waals surface area contributed by atoms with Crippen molar-refractivity contribution in [1.82, 2.24) is 9.97 Å². The van der Waals surface area contributed by atoms with Crippen molar-refractivity contribution in [2.24, 2.45) is 5.73 Å². The van der Waals surface area contributed by atoms with Gasteiger partial charge in [-0.1, -0.05) is 12.1 Å². The fourth-order valence-electron chi connectivity index (χ4n) is 1.27. The number of benzene rings is 1. The number of nitrogens with two attached hydrogens (primary N) is 1. The SMILES string of the molecule is NCCCOc1cnc2ccccc2n1. The maximum atomic E-state index is 5.40. The van der Waals surface area contributed by atoms with E-state index in [1.807, 2.05) is 24.3 Å². The molecule has 1 heterocycles. The van der Waals surface area contributed by atoms with Crippen LogP contribution in [0.2, 0.25) is 0 Å². The van der Waals surface area contributed by atoms with E-state index >= 15 is 0 Å². The smallest absolute Gasteiger partial charge is 0.232 e. The first-order valence-corrected chi connectivity index (χ1v) is 4.95. The number of hydrogen-bond donors (Lipinski definition) is 1. The zero-order valence-electron chi connectivity index (χ0n) is 8.39. The van der Waals surface area contributed by atoms with Crippen LogP contribution in [0.25, 0.3) is 11.0 Å². The van der Waals surface area contributed by atoms with Crippen molar-refractivity contribution in [3.05, 3.63) is 30.5 Å². The van der Waals surface area contributed by atoms with E-state index in [1.165, 1.54) is 0 Å². The molecule has 0 bridgehead atoms. The molecule has 0 aliphatic heterocycles. The molecule has 2 aromatic rings. The summed E-state index contributed by atoms with van der Waals surface area (Å²) in [6, 6.07) is 7.71. The molecule has 0 aliphatic carbocycles. The fourth-order valence-corrected chi connectivity index (χ4v) is 1.27. The lowest BCUT2D eigenvalue weighted by molar-refractivity contribution is 0.301. The van der Waals surface area contributed by atoms with Crippen molar-refractivity contribution in [3.63, 3.8) is 0 Å². The minimum atomic E-state index is 0.558. The summed E-state index contributed by atoms with van der Waals surface area (Å²) in [5, 5.41) is 0. The number of aromatic nitrogens is 2. The third-order valence-electron chi connectivity index (χ3n) is 2.02. The lowest BCUT2D eigenvalue weighted by atomic mass is 10.3. The Labute approximate surface area is 88.1 Å². The van der Waals surface area contributed by atoms with Gasteiger partial charge >= 0.3 is 0 Å². The summed E-state index contributed by atoms with van der Waals surface area (Å²) in [6.07, 6.45) is 2.47. The second-order valence-electron chi connectivity index (χ2n) is 3.19. The Bertz CT molecular complexity index is 445. The van der Waals surface area contributed by atoms with Gasteiger partial charge in [0.25, 0.3) is 0 Å². The first kappa shape index (κ1) is 9.86. The van der Waals surface area contributed by atoms with E-state index in [-0.39, 0.29) is 0 Å². The van der Waals surface area contributed by atoms with Gasteiger partial charge in [0, 0.05) is 0 Å². The van der Waals surface area contributed by atoms with E-state index < -0.39 is 0 Å². The largest absolute Gasteiger partial charge is 0.477 e. The first-order chi connectivity index (χ1) is 7.40. The lowest BCUT2D eigenvalue weighted by Gasteiger charge is -2.04. The molecule has 4 heteroatoms. The zero-order valence-corrected chi connectivity index (χ0v) is 8.39. The van der Waals surface area contributed by atoms with Crippen LogP contribution in [0.1, 0.15) is 6.42 Å². The predicted molar refractivity (Wildman–Crippen MR) is 58.7 cm³/mol. The Morgan fingerprint density at radius 2 is 2.00 bits per heavy atom. The van der Waals surface area contributed by atoms with Gasteiger partial charge in [-0.3, -0.25) is 0 Å². The minimum absolute atomic E-state index is 0.558. The van der Waals surface area contributed by atoms with Crippen LogP contribution < -0.4 is 10.5 Å². The highest BCUT2D eigenvalue weighted by molar-refractivity contribution is 5.73. The van der Waals surface area contributed by atoms with Crippen molar-refractivity contribution in [1.29, 1.82) is 0 Å². The summed E-state index contributed by atoms with van der Waals surface area (Å²) in [7, 11) is 0. The standard InChI is InChI=1S/C11H13N3O/c12-6-3-7-15-11-8-13-9-4-1-2-5-10(9)14-11/h1-2,4-5,8H,3,6-7,12H2. The zero-order chi connectivity index (χ0) is 10.5. The quantitative estimate of drug-likeness (QED) is 0.762. The van der Waals surface area contributed by atoms with Gasteiger partial charge in [-0.25, -0.2) is 9.97 Å². The van der Waals surface area contributed by atoms with Crippen molar-refractivity contribution in [2.45, 2.75) is 6.42 Å². The van der Waals surface area contributed by atoms with Gasteiger partial charge in [-0.15, -0.1) is 0 Å². The highest BCUT2D eigenvalue weighted by atomic mass is 16.5. The summed E-state index contributed by atoms with van der Waals surface area (Å²) >= 11 is 0. The molecule has 2 rings (SSSR count). The molecule has 78 valence electrons. The summed E-state index contributed by atoms with van der Waals surface area (Å²) in [4.78, 5) is 8.56. The van der Waals surface area contributed by atoms with Gasteiger partial charge in [0.1, 0.15) is 0 Å². The second kappa shape index (κ2) is 4.70. The Hall–Kier alpha value is -1.68. The molecule has 0 spiro atoms. The van der Waals surface area contributed by atoms with E-state index in [2.05, 4.69) is 9.97 Å². The van der Waals surface area contributed by atoms with Crippen molar-refractivity contribution in [2.75, 3.05) is 13.2 Å². The molecule has 1 aromatic heterocycles. The Balaban J connectivity index is 2.16. The normalized spacial score (nSPS) is 10.5. The fraction of sp³-hybridized carbons (Fsp3) is 0.273. The molecular weight excluding hydrogens is 190 g/mol. The molecule has 2 N–H and O–H groups in total. The van der Waals surface area contributed by atoms with Crippen LogP contribution in [0, 0.1) is 0 Å². The lowest BCUT2D eigenvalue weighted by Crippen LogP contribution is -2.07. The molecule has 4 nitrogen and oxygen atoms in total. The maximum absolute atomic E-state index is 5.40. The Morgan fingerprint density at radius 1 is 1.20 bits per heavy atom. The Morgan fingerprint density at radius 3 is 2.80 bits per heavy atom. The molecule has 0 saturated carbocycles. The van der Waals surface area contributed by atoms with Gasteiger partial charge in [0.05, 0.1) is 23.8 Å². The van der Waals surface area contributed by atoms with Crippen molar-refractivity contribution >= 4 is 11.0 Å². The highest BCUT2D eigenvalue weighted by Gasteiger charge is 1.98. The van der Waals surface area contributed by atoms with Crippen LogP contribution in [-0.2, 0) is 0 Å². The highest BCUT2D eigenvalue weighted by Crippen LogP contribution is 2.12. The molecule has 0 aliphatic rings. The van der Waals surface area contributed by atoms with Crippen LogP contribution in [0.3, 0.4) is 0 Å². The number of ether oxygens (including phenoxy) is 1. The molecular formula is C11H13N3O.